The van der Waals surface area contributed by atoms with Crippen LogP contribution in [0.2, 0.25) is 5.02 Å². The van der Waals surface area contributed by atoms with Crippen molar-refractivity contribution >= 4 is 38.9 Å². The third kappa shape index (κ3) is 4.86. The van der Waals surface area contributed by atoms with E-state index in [4.69, 9.17) is 16.7 Å². The molecule has 1 saturated heterocycles. The number of benzene rings is 2. The van der Waals surface area contributed by atoms with E-state index in [1.165, 1.54) is 17.0 Å². The molecule has 2 aromatic rings. The molecule has 1 amide bonds. The normalized spacial score (nSPS) is 16.2. The summed E-state index contributed by atoms with van der Waals surface area (Å²) in [6.45, 7) is 0.596. The molecule has 1 heterocycles. The van der Waals surface area contributed by atoms with E-state index in [2.05, 4.69) is 0 Å². The predicted octanol–water partition coefficient (Wildman–Crippen LogP) is 3.25. The molecule has 152 valence electrons. The molecule has 0 radical (unpaired) electrons. The van der Waals surface area contributed by atoms with Gasteiger partial charge in [0.1, 0.15) is 0 Å². The first-order valence-electron chi connectivity index (χ1n) is 8.97. The van der Waals surface area contributed by atoms with Crippen LogP contribution in [0, 0.1) is 0 Å². The van der Waals surface area contributed by atoms with Crippen LogP contribution in [-0.4, -0.2) is 49.6 Å². The maximum absolute atomic E-state index is 13.0. The summed E-state index contributed by atoms with van der Waals surface area (Å²) in [5.74, 6) is -1.16. The van der Waals surface area contributed by atoms with E-state index < -0.39 is 15.8 Å². The van der Waals surface area contributed by atoms with Crippen LogP contribution in [-0.2, 0) is 19.4 Å². The molecule has 0 aromatic heterocycles. The average molecular weight is 434 g/mol. The fourth-order valence-electron chi connectivity index (χ4n) is 3.32. The first kappa shape index (κ1) is 21.1. The predicted molar refractivity (Wildman–Crippen MR) is 110 cm³/mol. The first-order valence-corrected chi connectivity index (χ1v) is 11.2. The highest BCUT2D eigenvalue weighted by molar-refractivity contribution is 7.90. The van der Waals surface area contributed by atoms with Crippen molar-refractivity contribution in [2.45, 2.75) is 17.7 Å². The van der Waals surface area contributed by atoms with Gasteiger partial charge in [-0.3, -0.25) is 9.59 Å². The third-order valence-corrected chi connectivity index (χ3v) is 6.16. The van der Waals surface area contributed by atoms with Crippen LogP contribution in [0.4, 0.5) is 0 Å². The number of nitrogens with zero attached hydrogens (tertiary/aromatic N) is 1. The van der Waals surface area contributed by atoms with Gasteiger partial charge in [0.25, 0.3) is 5.91 Å². The van der Waals surface area contributed by atoms with Gasteiger partial charge in [0.15, 0.2) is 9.84 Å². The fraction of sp³-hybridized carbons (Fsp3) is 0.238. The average Bonchev–Trinajstić information content (AvgIpc) is 3.02. The molecule has 2 aromatic carbocycles. The lowest BCUT2D eigenvalue weighted by Crippen LogP contribution is -2.28. The number of carboxylic acids is 1. The van der Waals surface area contributed by atoms with Gasteiger partial charge in [0.05, 0.1) is 11.3 Å². The lowest BCUT2D eigenvalue weighted by Gasteiger charge is -2.15. The Morgan fingerprint density at radius 3 is 2.14 bits per heavy atom. The van der Waals surface area contributed by atoms with Crippen LogP contribution < -0.4 is 0 Å². The molecule has 1 aliphatic heterocycles. The Labute approximate surface area is 174 Å². The Hall–Kier alpha value is -2.64. The van der Waals surface area contributed by atoms with Crippen LogP contribution in [0.5, 0.6) is 0 Å². The SMILES string of the molecule is CS(=O)(=O)c1ccc(/C(=C2\CCN(CCC(=O)O)C2=O)c2ccc(Cl)cc2)cc1. The number of hydrogen-bond acceptors (Lipinski definition) is 4. The minimum absolute atomic E-state index is 0.113. The van der Waals surface area contributed by atoms with Gasteiger partial charge >= 0.3 is 5.97 Å². The maximum atomic E-state index is 13.0. The van der Waals surface area contributed by atoms with Gasteiger partial charge in [-0.2, -0.15) is 0 Å². The minimum atomic E-state index is -3.33. The van der Waals surface area contributed by atoms with Crippen molar-refractivity contribution in [2.75, 3.05) is 19.3 Å². The standard InChI is InChI=1S/C21H20ClNO5S/c1-29(27,28)17-8-4-15(5-9-17)20(14-2-6-16(22)7-3-14)18-10-12-23(21(18)26)13-11-19(24)25/h2-9H,10-13H2,1H3,(H,24,25)/b20-18+. The molecule has 8 heteroatoms. The highest BCUT2D eigenvalue weighted by atomic mass is 35.5. The van der Waals surface area contributed by atoms with Gasteiger partial charge in [-0.15, -0.1) is 0 Å². The molecule has 0 saturated carbocycles. The van der Waals surface area contributed by atoms with E-state index in [0.29, 0.717) is 34.7 Å². The number of sulfone groups is 1. The summed E-state index contributed by atoms with van der Waals surface area (Å²) in [5.41, 5.74) is 2.77. The maximum Gasteiger partial charge on any atom is 0.305 e. The van der Waals surface area contributed by atoms with Crippen molar-refractivity contribution in [3.05, 3.63) is 70.3 Å². The molecule has 29 heavy (non-hydrogen) atoms. The molecule has 3 rings (SSSR count). The van der Waals surface area contributed by atoms with Crippen molar-refractivity contribution in [2.24, 2.45) is 0 Å². The van der Waals surface area contributed by atoms with Crippen molar-refractivity contribution < 1.29 is 23.1 Å². The minimum Gasteiger partial charge on any atom is -0.481 e. The van der Waals surface area contributed by atoms with Crippen molar-refractivity contribution in [1.29, 1.82) is 0 Å². The Kier molecular flexibility index (Phi) is 6.10. The molecule has 0 bridgehead atoms. The quantitative estimate of drug-likeness (QED) is 0.706. The Morgan fingerprint density at radius 2 is 1.62 bits per heavy atom. The van der Waals surface area contributed by atoms with E-state index in [9.17, 15) is 18.0 Å². The van der Waals surface area contributed by atoms with Gasteiger partial charge in [0, 0.05) is 29.9 Å². The van der Waals surface area contributed by atoms with Crippen LogP contribution >= 0.6 is 11.6 Å². The second-order valence-corrected chi connectivity index (χ2v) is 9.30. The molecule has 0 atom stereocenters. The smallest absolute Gasteiger partial charge is 0.305 e. The Balaban J connectivity index is 2.07. The summed E-state index contributed by atoms with van der Waals surface area (Å²) < 4.78 is 23.5. The monoisotopic (exact) mass is 433 g/mol. The van der Waals surface area contributed by atoms with E-state index in [1.54, 1.807) is 24.3 Å². The summed E-state index contributed by atoms with van der Waals surface area (Å²) in [6.07, 6.45) is 1.50. The summed E-state index contributed by atoms with van der Waals surface area (Å²) in [4.78, 5) is 25.5. The van der Waals surface area contributed by atoms with Crippen LogP contribution in [0.1, 0.15) is 24.0 Å². The number of hydrogen-bond donors (Lipinski definition) is 1. The molecule has 1 fully saturated rings. The molecule has 1 aliphatic rings. The van der Waals surface area contributed by atoms with Crippen LogP contribution in [0.25, 0.3) is 5.57 Å². The summed E-state index contributed by atoms with van der Waals surface area (Å²) >= 11 is 6.00. The Bertz CT molecular complexity index is 1070. The second kappa shape index (κ2) is 8.39. The van der Waals surface area contributed by atoms with Gasteiger partial charge in [-0.05, 0) is 47.4 Å². The van der Waals surface area contributed by atoms with E-state index in [-0.39, 0.29) is 23.8 Å². The second-order valence-electron chi connectivity index (χ2n) is 6.84. The topological polar surface area (TPSA) is 91.8 Å². The zero-order chi connectivity index (χ0) is 21.2. The summed E-state index contributed by atoms with van der Waals surface area (Å²) in [7, 11) is -3.33. The first-order chi connectivity index (χ1) is 13.7. The number of amides is 1. The van der Waals surface area contributed by atoms with E-state index >= 15 is 0 Å². The van der Waals surface area contributed by atoms with Gasteiger partial charge in [0.2, 0.25) is 0 Å². The van der Waals surface area contributed by atoms with Gasteiger partial charge in [-0.25, -0.2) is 8.42 Å². The van der Waals surface area contributed by atoms with Crippen LogP contribution in [0.3, 0.4) is 0 Å². The van der Waals surface area contributed by atoms with E-state index in [0.717, 1.165) is 11.8 Å². The summed E-state index contributed by atoms with van der Waals surface area (Å²) in [6, 6.07) is 13.5. The molecule has 1 N–H and O–H groups in total. The number of likely N-dealkylation sites (tertiary alicyclic amines) is 1. The molecule has 6 nitrogen and oxygen atoms in total. The largest absolute Gasteiger partial charge is 0.481 e. The van der Waals surface area contributed by atoms with Crippen molar-refractivity contribution in [3.8, 4) is 0 Å². The lowest BCUT2D eigenvalue weighted by atomic mass is 9.92. The third-order valence-electron chi connectivity index (χ3n) is 4.78. The van der Waals surface area contributed by atoms with Crippen molar-refractivity contribution in [3.63, 3.8) is 0 Å². The molecular formula is C21H20ClNO5S. The number of rotatable bonds is 6. The summed E-state index contributed by atoms with van der Waals surface area (Å²) in [5, 5.41) is 9.46. The number of halogens is 1. The number of carboxylic acid groups (broad SMARTS) is 1. The number of carbonyl (C=O) groups excluding carboxylic acids is 1. The van der Waals surface area contributed by atoms with E-state index in [1.807, 2.05) is 12.1 Å². The highest BCUT2D eigenvalue weighted by Gasteiger charge is 2.30. The lowest BCUT2D eigenvalue weighted by molar-refractivity contribution is -0.137. The number of aliphatic carboxylic acids is 1. The fourth-order valence-corrected chi connectivity index (χ4v) is 4.08. The highest BCUT2D eigenvalue weighted by Crippen LogP contribution is 2.33. The van der Waals surface area contributed by atoms with Gasteiger partial charge in [-0.1, -0.05) is 35.9 Å². The Morgan fingerprint density at radius 1 is 1.07 bits per heavy atom. The molecule has 0 unspecified atom stereocenters. The molecular weight excluding hydrogens is 414 g/mol. The van der Waals surface area contributed by atoms with Gasteiger partial charge < -0.3 is 10.0 Å². The zero-order valence-electron chi connectivity index (χ0n) is 15.8. The van der Waals surface area contributed by atoms with Crippen molar-refractivity contribution in [1.82, 2.24) is 4.90 Å². The molecule has 0 spiro atoms. The van der Waals surface area contributed by atoms with Crippen LogP contribution in [0.15, 0.2) is 59.0 Å². The molecule has 0 aliphatic carbocycles. The number of carbonyl (C=O) groups is 2. The zero-order valence-corrected chi connectivity index (χ0v) is 17.3.